The highest BCUT2D eigenvalue weighted by molar-refractivity contribution is 6.32. The summed E-state index contributed by atoms with van der Waals surface area (Å²) >= 11 is 6.05. The summed E-state index contributed by atoms with van der Waals surface area (Å²) in [6, 6.07) is 9.04. The lowest BCUT2D eigenvalue weighted by atomic mass is 10.1. The Labute approximate surface area is 146 Å². The molecule has 0 saturated carbocycles. The number of hydrogen-bond acceptors (Lipinski definition) is 4. The van der Waals surface area contributed by atoms with Crippen molar-refractivity contribution >= 4 is 23.2 Å². The SMILES string of the molecule is COc1cc(NC(=O)COc2cc(C)ccc2C)c(OC)cc1Cl. The maximum absolute atomic E-state index is 12.2. The topological polar surface area (TPSA) is 56.8 Å². The van der Waals surface area contributed by atoms with Crippen LogP contribution in [0, 0.1) is 13.8 Å². The van der Waals surface area contributed by atoms with Gasteiger partial charge in [-0.2, -0.15) is 0 Å². The Morgan fingerprint density at radius 1 is 1.04 bits per heavy atom. The van der Waals surface area contributed by atoms with Crippen molar-refractivity contribution in [1.29, 1.82) is 0 Å². The molecule has 128 valence electrons. The second-order valence-electron chi connectivity index (χ2n) is 5.29. The molecule has 0 bridgehead atoms. The van der Waals surface area contributed by atoms with Crippen molar-refractivity contribution in [3.8, 4) is 17.2 Å². The van der Waals surface area contributed by atoms with Crippen molar-refractivity contribution in [2.45, 2.75) is 13.8 Å². The molecule has 6 heteroatoms. The lowest BCUT2D eigenvalue weighted by Gasteiger charge is -2.14. The van der Waals surface area contributed by atoms with E-state index in [0.717, 1.165) is 11.1 Å². The van der Waals surface area contributed by atoms with Crippen LogP contribution in [0.25, 0.3) is 0 Å². The summed E-state index contributed by atoms with van der Waals surface area (Å²) in [4.78, 5) is 12.2. The summed E-state index contributed by atoms with van der Waals surface area (Å²) in [6.07, 6.45) is 0. The van der Waals surface area contributed by atoms with E-state index in [1.165, 1.54) is 14.2 Å². The fourth-order valence-electron chi connectivity index (χ4n) is 2.15. The predicted octanol–water partition coefficient (Wildman–Crippen LogP) is 3.99. The van der Waals surface area contributed by atoms with Crippen molar-refractivity contribution in [2.75, 3.05) is 26.1 Å². The summed E-state index contributed by atoms with van der Waals surface area (Å²) in [5.41, 5.74) is 2.51. The van der Waals surface area contributed by atoms with E-state index in [4.69, 9.17) is 25.8 Å². The van der Waals surface area contributed by atoms with Crippen LogP contribution >= 0.6 is 11.6 Å². The number of aryl methyl sites for hydroxylation is 2. The number of anilines is 1. The van der Waals surface area contributed by atoms with Gasteiger partial charge in [-0.1, -0.05) is 23.7 Å². The molecule has 0 fully saturated rings. The van der Waals surface area contributed by atoms with Gasteiger partial charge in [-0.05, 0) is 31.0 Å². The van der Waals surface area contributed by atoms with Gasteiger partial charge in [0.15, 0.2) is 6.61 Å². The van der Waals surface area contributed by atoms with E-state index in [1.54, 1.807) is 12.1 Å². The molecule has 0 saturated heterocycles. The second-order valence-corrected chi connectivity index (χ2v) is 5.70. The van der Waals surface area contributed by atoms with Crippen molar-refractivity contribution in [3.63, 3.8) is 0 Å². The molecule has 0 heterocycles. The summed E-state index contributed by atoms with van der Waals surface area (Å²) in [5, 5.41) is 3.14. The molecule has 0 aromatic heterocycles. The van der Waals surface area contributed by atoms with E-state index in [2.05, 4.69) is 5.32 Å². The molecule has 0 radical (unpaired) electrons. The van der Waals surface area contributed by atoms with E-state index in [9.17, 15) is 4.79 Å². The quantitative estimate of drug-likeness (QED) is 0.856. The van der Waals surface area contributed by atoms with E-state index < -0.39 is 0 Å². The molecule has 5 nitrogen and oxygen atoms in total. The predicted molar refractivity (Wildman–Crippen MR) is 94.6 cm³/mol. The number of carbonyl (C=O) groups is 1. The van der Waals surface area contributed by atoms with Gasteiger partial charge < -0.3 is 19.5 Å². The molecule has 0 aliphatic carbocycles. The highest BCUT2D eigenvalue weighted by Gasteiger charge is 2.13. The number of methoxy groups -OCH3 is 2. The Morgan fingerprint density at radius 2 is 1.75 bits per heavy atom. The first-order valence-electron chi connectivity index (χ1n) is 7.36. The summed E-state index contributed by atoms with van der Waals surface area (Å²) in [6.45, 7) is 3.79. The average Bonchev–Trinajstić information content (AvgIpc) is 2.56. The van der Waals surface area contributed by atoms with Crippen LogP contribution < -0.4 is 19.5 Å². The zero-order valence-corrected chi connectivity index (χ0v) is 14.9. The number of rotatable bonds is 6. The number of benzene rings is 2. The molecule has 0 aliphatic heterocycles. The van der Waals surface area contributed by atoms with Crippen molar-refractivity contribution in [3.05, 3.63) is 46.5 Å². The number of hydrogen-bond donors (Lipinski definition) is 1. The van der Waals surface area contributed by atoms with Crippen LogP contribution in [-0.4, -0.2) is 26.7 Å². The summed E-state index contributed by atoms with van der Waals surface area (Å²) in [5.74, 6) is 1.27. The Morgan fingerprint density at radius 3 is 2.42 bits per heavy atom. The fraction of sp³-hybridized carbons (Fsp3) is 0.278. The number of halogens is 1. The molecular formula is C18H20ClNO4. The first-order chi connectivity index (χ1) is 11.4. The number of amides is 1. The van der Waals surface area contributed by atoms with Gasteiger partial charge in [-0.15, -0.1) is 0 Å². The van der Waals surface area contributed by atoms with Crippen molar-refractivity contribution in [1.82, 2.24) is 0 Å². The van der Waals surface area contributed by atoms with E-state index >= 15 is 0 Å². The van der Waals surface area contributed by atoms with Crippen LogP contribution in [0.15, 0.2) is 30.3 Å². The van der Waals surface area contributed by atoms with Gasteiger partial charge in [0.05, 0.1) is 24.9 Å². The minimum atomic E-state index is -0.307. The van der Waals surface area contributed by atoms with E-state index in [0.29, 0.717) is 28.0 Å². The second kappa shape index (κ2) is 7.93. The highest BCUT2D eigenvalue weighted by Crippen LogP contribution is 2.35. The maximum Gasteiger partial charge on any atom is 0.262 e. The Balaban J connectivity index is 2.08. The average molecular weight is 350 g/mol. The molecule has 24 heavy (non-hydrogen) atoms. The normalized spacial score (nSPS) is 10.2. The van der Waals surface area contributed by atoms with E-state index in [1.807, 2.05) is 32.0 Å². The van der Waals surface area contributed by atoms with Crippen molar-refractivity contribution < 1.29 is 19.0 Å². The third kappa shape index (κ3) is 4.32. The highest BCUT2D eigenvalue weighted by atomic mass is 35.5. The Hall–Kier alpha value is -2.40. The van der Waals surface area contributed by atoms with Crippen LogP contribution in [-0.2, 0) is 4.79 Å². The lowest BCUT2D eigenvalue weighted by molar-refractivity contribution is -0.118. The molecule has 0 atom stereocenters. The molecule has 2 rings (SSSR count). The van der Waals surface area contributed by atoms with Crippen LogP contribution in [0.1, 0.15) is 11.1 Å². The molecule has 2 aromatic carbocycles. The fourth-order valence-corrected chi connectivity index (χ4v) is 2.38. The lowest BCUT2D eigenvalue weighted by Crippen LogP contribution is -2.20. The van der Waals surface area contributed by atoms with E-state index in [-0.39, 0.29) is 12.5 Å². The number of nitrogens with one attached hydrogen (secondary N) is 1. The molecule has 0 unspecified atom stereocenters. The van der Waals surface area contributed by atoms with Gasteiger partial charge in [-0.25, -0.2) is 0 Å². The Kier molecular flexibility index (Phi) is 5.93. The van der Waals surface area contributed by atoms with Gasteiger partial charge in [0.2, 0.25) is 0 Å². The van der Waals surface area contributed by atoms with Crippen LogP contribution in [0.3, 0.4) is 0 Å². The zero-order chi connectivity index (χ0) is 17.7. The molecule has 1 N–H and O–H groups in total. The number of ether oxygens (including phenoxy) is 3. The van der Waals surface area contributed by atoms with Gasteiger partial charge >= 0.3 is 0 Å². The third-order valence-electron chi connectivity index (χ3n) is 3.45. The molecule has 0 spiro atoms. The summed E-state index contributed by atoms with van der Waals surface area (Å²) < 4.78 is 16.0. The van der Waals surface area contributed by atoms with Gasteiger partial charge in [0, 0.05) is 12.1 Å². The van der Waals surface area contributed by atoms with Gasteiger partial charge in [-0.3, -0.25) is 4.79 Å². The molecular weight excluding hydrogens is 330 g/mol. The third-order valence-corrected chi connectivity index (χ3v) is 3.75. The van der Waals surface area contributed by atoms with Gasteiger partial charge in [0.25, 0.3) is 5.91 Å². The van der Waals surface area contributed by atoms with Gasteiger partial charge in [0.1, 0.15) is 17.2 Å². The Bertz CT molecular complexity index is 746. The molecule has 1 amide bonds. The first kappa shape index (κ1) is 17.9. The minimum absolute atomic E-state index is 0.113. The molecule has 2 aromatic rings. The zero-order valence-electron chi connectivity index (χ0n) is 14.1. The number of carbonyl (C=O) groups excluding carboxylic acids is 1. The maximum atomic E-state index is 12.2. The van der Waals surface area contributed by atoms with Crippen LogP contribution in [0.5, 0.6) is 17.2 Å². The summed E-state index contributed by atoms with van der Waals surface area (Å²) in [7, 11) is 3.00. The monoisotopic (exact) mass is 349 g/mol. The molecule has 0 aliphatic rings. The van der Waals surface area contributed by atoms with Crippen LogP contribution in [0.2, 0.25) is 5.02 Å². The minimum Gasteiger partial charge on any atom is -0.495 e. The van der Waals surface area contributed by atoms with Crippen LogP contribution in [0.4, 0.5) is 5.69 Å². The van der Waals surface area contributed by atoms with Crippen molar-refractivity contribution in [2.24, 2.45) is 0 Å². The standard InChI is InChI=1S/C18H20ClNO4/c1-11-5-6-12(2)15(7-11)24-10-18(21)20-14-9-16(22-3)13(19)8-17(14)23-4/h5-9H,10H2,1-4H3,(H,20,21). The first-order valence-corrected chi connectivity index (χ1v) is 7.73. The smallest absolute Gasteiger partial charge is 0.262 e. The largest absolute Gasteiger partial charge is 0.495 e.